The number of carbonyl (C=O) groups is 1. The molecule has 0 aromatic heterocycles. The zero-order valence-corrected chi connectivity index (χ0v) is 11.0. The van der Waals surface area contributed by atoms with Crippen molar-refractivity contribution < 1.29 is 9.53 Å². The van der Waals surface area contributed by atoms with Crippen LogP contribution in [0.15, 0.2) is 0 Å². The van der Waals surface area contributed by atoms with Crippen LogP contribution < -0.4 is 5.73 Å². The van der Waals surface area contributed by atoms with Gasteiger partial charge in [0.2, 0.25) is 5.91 Å². The van der Waals surface area contributed by atoms with Gasteiger partial charge in [0.1, 0.15) is 0 Å². The number of nitrogens with zero attached hydrogens (tertiary/aromatic N) is 1. The highest BCUT2D eigenvalue weighted by atomic mass is 32.1. The Bertz CT molecular complexity index is 292. The average molecular weight is 244 g/mol. The minimum Gasteiger partial charge on any atom is -0.392 e. The largest absolute Gasteiger partial charge is 0.392 e. The van der Waals surface area contributed by atoms with Gasteiger partial charge in [0, 0.05) is 26.1 Å². The lowest BCUT2D eigenvalue weighted by Gasteiger charge is -2.28. The molecule has 5 heteroatoms. The molecular weight excluding hydrogens is 224 g/mol. The molecule has 92 valence electrons. The fraction of sp³-hybridized carbons (Fsp3) is 0.818. The predicted molar refractivity (Wildman–Crippen MR) is 67.1 cm³/mol. The number of amides is 1. The van der Waals surface area contributed by atoms with Gasteiger partial charge in [0.05, 0.1) is 17.0 Å². The van der Waals surface area contributed by atoms with Gasteiger partial charge < -0.3 is 15.4 Å². The summed E-state index contributed by atoms with van der Waals surface area (Å²) in [6.07, 6.45) is 0.993. The maximum atomic E-state index is 12.2. The van der Waals surface area contributed by atoms with Crippen LogP contribution in [0, 0.1) is 11.3 Å². The van der Waals surface area contributed by atoms with E-state index in [0.717, 1.165) is 19.5 Å². The molecule has 1 amide bonds. The van der Waals surface area contributed by atoms with Gasteiger partial charge in [-0.2, -0.15) is 0 Å². The van der Waals surface area contributed by atoms with Crippen LogP contribution in [0.2, 0.25) is 0 Å². The third kappa shape index (κ3) is 2.71. The smallest absolute Gasteiger partial charge is 0.235 e. The fourth-order valence-electron chi connectivity index (χ4n) is 1.89. The summed E-state index contributed by atoms with van der Waals surface area (Å²) < 4.78 is 5.10. The first kappa shape index (κ1) is 13.4. The summed E-state index contributed by atoms with van der Waals surface area (Å²) in [5, 5.41) is 0. The Morgan fingerprint density at radius 1 is 1.62 bits per heavy atom. The number of hydrogen-bond donors (Lipinski definition) is 1. The van der Waals surface area contributed by atoms with Crippen molar-refractivity contribution in [3.8, 4) is 0 Å². The summed E-state index contributed by atoms with van der Waals surface area (Å²) in [7, 11) is 1.68. The lowest BCUT2D eigenvalue weighted by molar-refractivity contribution is -0.136. The molecule has 4 nitrogen and oxygen atoms in total. The molecule has 2 N–H and O–H groups in total. The first-order valence-corrected chi connectivity index (χ1v) is 5.88. The van der Waals surface area contributed by atoms with Crippen LogP contribution in [0.5, 0.6) is 0 Å². The summed E-state index contributed by atoms with van der Waals surface area (Å²) >= 11 is 4.93. The van der Waals surface area contributed by atoms with Gasteiger partial charge in [0.15, 0.2) is 0 Å². The molecule has 1 atom stereocenters. The molecule has 0 saturated carbocycles. The Morgan fingerprint density at radius 2 is 2.25 bits per heavy atom. The van der Waals surface area contributed by atoms with Crippen LogP contribution >= 0.6 is 12.2 Å². The number of thiocarbonyl (C=S) groups is 1. The molecule has 1 fully saturated rings. The Labute approximate surface area is 102 Å². The molecule has 0 radical (unpaired) electrons. The van der Waals surface area contributed by atoms with E-state index in [1.54, 1.807) is 21.0 Å². The molecule has 0 aliphatic carbocycles. The highest BCUT2D eigenvalue weighted by molar-refractivity contribution is 7.80. The van der Waals surface area contributed by atoms with Crippen molar-refractivity contribution in [1.29, 1.82) is 0 Å². The average Bonchev–Trinajstić information content (AvgIpc) is 2.65. The maximum Gasteiger partial charge on any atom is 0.235 e. The molecule has 0 bridgehead atoms. The van der Waals surface area contributed by atoms with Crippen molar-refractivity contribution in [3.05, 3.63) is 0 Å². The molecule has 1 aliphatic heterocycles. The zero-order valence-electron chi connectivity index (χ0n) is 10.2. The van der Waals surface area contributed by atoms with Crippen molar-refractivity contribution >= 4 is 23.1 Å². The molecule has 1 unspecified atom stereocenters. The van der Waals surface area contributed by atoms with E-state index in [4.69, 9.17) is 22.7 Å². The Kier molecular flexibility index (Phi) is 4.27. The lowest BCUT2D eigenvalue weighted by Crippen LogP contribution is -2.46. The summed E-state index contributed by atoms with van der Waals surface area (Å²) in [5.41, 5.74) is 4.85. The van der Waals surface area contributed by atoms with E-state index in [0.29, 0.717) is 12.5 Å². The molecule has 1 heterocycles. The number of hydrogen-bond acceptors (Lipinski definition) is 3. The van der Waals surface area contributed by atoms with E-state index in [-0.39, 0.29) is 10.9 Å². The number of methoxy groups -OCH3 is 1. The second-order valence-electron chi connectivity index (χ2n) is 4.85. The van der Waals surface area contributed by atoms with Gasteiger partial charge in [-0.1, -0.05) is 12.2 Å². The second-order valence-corrected chi connectivity index (χ2v) is 5.29. The first-order chi connectivity index (χ1) is 7.39. The maximum absolute atomic E-state index is 12.2. The number of likely N-dealkylation sites (tertiary alicyclic amines) is 1. The van der Waals surface area contributed by atoms with Crippen molar-refractivity contribution in [2.75, 3.05) is 26.8 Å². The van der Waals surface area contributed by atoms with Crippen LogP contribution in [-0.2, 0) is 9.53 Å². The molecule has 16 heavy (non-hydrogen) atoms. The molecule has 1 saturated heterocycles. The molecule has 0 spiro atoms. The Hall–Kier alpha value is -0.680. The Balaban J connectivity index is 2.60. The second kappa shape index (κ2) is 5.10. The van der Waals surface area contributed by atoms with Crippen LogP contribution in [0.25, 0.3) is 0 Å². The topological polar surface area (TPSA) is 55.6 Å². The summed E-state index contributed by atoms with van der Waals surface area (Å²) in [6.45, 7) is 5.79. The van der Waals surface area contributed by atoms with Gasteiger partial charge in [-0.05, 0) is 20.3 Å². The standard InChI is InChI=1S/C11H20N2O2S/c1-11(2,9(12)16)10(14)13-5-4-8(6-13)7-15-3/h8H,4-7H2,1-3H3,(H2,12,16). The normalized spacial score (nSPS) is 21.2. The van der Waals surface area contributed by atoms with Gasteiger partial charge >= 0.3 is 0 Å². The highest BCUT2D eigenvalue weighted by Crippen LogP contribution is 2.24. The fourth-order valence-corrected chi connectivity index (χ4v) is 1.98. The lowest BCUT2D eigenvalue weighted by atomic mass is 9.92. The van der Waals surface area contributed by atoms with Crippen molar-refractivity contribution in [3.63, 3.8) is 0 Å². The number of ether oxygens (including phenoxy) is 1. The number of nitrogens with two attached hydrogens (primary N) is 1. The zero-order chi connectivity index (χ0) is 12.3. The molecule has 1 rings (SSSR count). The molecular formula is C11H20N2O2S. The summed E-state index contributed by atoms with van der Waals surface area (Å²) in [4.78, 5) is 14.3. The number of rotatable bonds is 4. The summed E-state index contributed by atoms with van der Waals surface area (Å²) in [5.74, 6) is 0.467. The third-order valence-corrected chi connectivity index (χ3v) is 3.64. The van der Waals surface area contributed by atoms with Gasteiger partial charge in [-0.25, -0.2) is 0 Å². The highest BCUT2D eigenvalue weighted by Gasteiger charge is 2.37. The SMILES string of the molecule is COCC1CCN(C(=O)C(C)(C)C(N)=S)C1. The van der Waals surface area contributed by atoms with E-state index in [9.17, 15) is 4.79 Å². The monoisotopic (exact) mass is 244 g/mol. The van der Waals surface area contributed by atoms with Crippen molar-refractivity contribution in [2.45, 2.75) is 20.3 Å². The van der Waals surface area contributed by atoms with Crippen LogP contribution in [-0.4, -0.2) is 42.6 Å². The van der Waals surface area contributed by atoms with Gasteiger partial charge in [0.25, 0.3) is 0 Å². The third-order valence-electron chi connectivity index (χ3n) is 3.13. The van der Waals surface area contributed by atoms with Crippen LogP contribution in [0.1, 0.15) is 20.3 Å². The van der Waals surface area contributed by atoms with E-state index in [1.165, 1.54) is 0 Å². The van der Waals surface area contributed by atoms with E-state index >= 15 is 0 Å². The predicted octanol–water partition coefficient (Wildman–Crippen LogP) is 0.794. The quantitative estimate of drug-likeness (QED) is 0.743. The minimum atomic E-state index is -0.739. The van der Waals surface area contributed by atoms with Crippen molar-refractivity contribution in [2.24, 2.45) is 17.1 Å². The summed E-state index contributed by atoms with van der Waals surface area (Å²) in [6, 6.07) is 0. The van der Waals surface area contributed by atoms with Crippen molar-refractivity contribution in [1.82, 2.24) is 4.90 Å². The number of carbonyl (C=O) groups excluding carboxylic acids is 1. The van der Waals surface area contributed by atoms with Crippen LogP contribution in [0.3, 0.4) is 0 Å². The van der Waals surface area contributed by atoms with Gasteiger partial charge in [-0.3, -0.25) is 4.79 Å². The molecule has 0 aromatic rings. The molecule has 0 aromatic carbocycles. The first-order valence-electron chi connectivity index (χ1n) is 5.47. The van der Waals surface area contributed by atoms with Gasteiger partial charge in [-0.15, -0.1) is 0 Å². The molecule has 1 aliphatic rings. The minimum absolute atomic E-state index is 0.0265. The van der Waals surface area contributed by atoms with E-state index in [2.05, 4.69) is 0 Å². The van der Waals surface area contributed by atoms with Crippen LogP contribution in [0.4, 0.5) is 0 Å². The Morgan fingerprint density at radius 3 is 2.75 bits per heavy atom. The van der Waals surface area contributed by atoms with E-state index in [1.807, 2.05) is 4.90 Å². The van der Waals surface area contributed by atoms with E-state index < -0.39 is 5.41 Å².